The molecule has 0 fully saturated rings. The highest BCUT2D eigenvalue weighted by Gasteiger charge is 2.44. The van der Waals surface area contributed by atoms with E-state index in [0.29, 0.717) is 23.3 Å². The standard InChI is InChI=1S/C19H27O10P/c1-6-7-12-11(4)15(9(2)10(3)16(12)26-5)28-30(24,25)29-18-14(22)17(13(21)8-20)27-19(18)23/h13,17,20-22H,6-8H2,1-5H3,(H,24,25). The predicted molar refractivity (Wildman–Crippen MR) is 105 cm³/mol. The van der Waals surface area contributed by atoms with E-state index in [-0.39, 0.29) is 5.75 Å². The number of benzene rings is 1. The van der Waals surface area contributed by atoms with Gasteiger partial charge >= 0.3 is 13.8 Å². The van der Waals surface area contributed by atoms with Crippen LogP contribution in [0.4, 0.5) is 0 Å². The normalized spacial score (nSPS) is 19.3. The van der Waals surface area contributed by atoms with E-state index in [2.05, 4.69) is 4.74 Å². The lowest BCUT2D eigenvalue weighted by Gasteiger charge is -2.22. The van der Waals surface area contributed by atoms with E-state index < -0.39 is 44.1 Å². The number of methoxy groups -OCH3 is 1. The van der Waals surface area contributed by atoms with Gasteiger partial charge in [-0.05, 0) is 43.9 Å². The first-order chi connectivity index (χ1) is 14.0. The smallest absolute Gasteiger partial charge is 0.505 e. The zero-order valence-corrected chi connectivity index (χ0v) is 18.4. The second-order valence-corrected chi connectivity index (χ2v) is 8.21. The molecule has 2 rings (SSSR count). The van der Waals surface area contributed by atoms with Crippen LogP contribution in [0.25, 0.3) is 0 Å². The third-order valence-corrected chi connectivity index (χ3v) is 5.71. The van der Waals surface area contributed by atoms with Crippen LogP contribution in [0.5, 0.6) is 11.5 Å². The van der Waals surface area contributed by atoms with Crippen LogP contribution in [-0.2, 0) is 25.0 Å². The molecule has 0 spiro atoms. The van der Waals surface area contributed by atoms with Crippen molar-refractivity contribution in [1.29, 1.82) is 0 Å². The Balaban J connectivity index is 2.41. The molecule has 0 amide bonds. The van der Waals surface area contributed by atoms with Crippen molar-refractivity contribution in [2.24, 2.45) is 0 Å². The van der Waals surface area contributed by atoms with Crippen molar-refractivity contribution in [3.8, 4) is 11.5 Å². The summed E-state index contributed by atoms with van der Waals surface area (Å²) < 4.78 is 32.9. The van der Waals surface area contributed by atoms with Gasteiger partial charge in [-0.1, -0.05) is 13.3 Å². The summed E-state index contributed by atoms with van der Waals surface area (Å²) in [4.78, 5) is 22.1. The first-order valence-corrected chi connectivity index (χ1v) is 10.8. The molecule has 4 N–H and O–H groups in total. The van der Waals surface area contributed by atoms with Gasteiger partial charge in [-0.2, -0.15) is 0 Å². The van der Waals surface area contributed by atoms with E-state index in [1.165, 1.54) is 0 Å². The van der Waals surface area contributed by atoms with Gasteiger partial charge in [0.25, 0.3) is 5.76 Å². The molecule has 0 saturated carbocycles. The van der Waals surface area contributed by atoms with Crippen molar-refractivity contribution in [3.63, 3.8) is 0 Å². The van der Waals surface area contributed by atoms with Gasteiger partial charge in [0.1, 0.15) is 17.6 Å². The molecule has 0 aromatic heterocycles. The lowest BCUT2D eigenvalue weighted by Crippen LogP contribution is -2.31. The Hall–Kier alpha value is -2.26. The van der Waals surface area contributed by atoms with Crippen LogP contribution in [0.15, 0.2) is 11.5 Å². The number of ether oxygens (including phenoxy) is 2. The first kappa shape index (κ1) is 24.0. The Morgan fingerprint density at radius 1 is 1.13 bits per heavy atom. The zero-order chi connectivity index (χ0) is 22.8. The van der Waals surface area contributed by atoms with Gasteiger partial charge in [-0.3, -0.25) is 4.89 Å². The summed E-state index contributed by atoms with van der Waals surface area (Å²) >= 11 is 0. The number of cyclic esters (lactones) is 1. The lowest BCUT2D eigenvalue weighted by atomic mass is 9.95. The minimum atomic E-state index is -4.94. The quantitative estimate of drug-likeness (QED) is 0.328. The van der Waals surface area contributed by atoms with Gasteiger partial charge in [0.15, 0.2) is 11.9 Å². The van der Waals surface area contributed by atoms with Crippen molar-refractivity contribution < 1.29 is 48.1 Å². The molecule has 1 aromatic carbocycles. The molecule has 30 heavy (non-hydrogen) atoms. The SMILES string of the molecule is CCCc1c(C)c(OP(=O)(O)OC2=C(O)C(C(O)CO)OC2=O)c(C)c(C)c1OC. The van der Waals surface area contributed by atoms with Crippen molar-refractivity contribution in [2.75, 3.05) is 13.7 Å². The molecule has 1 aliphatic heterocycles. The maximum atomic E-state index is 12.6. The fourth-order valence-corrected chi connectivity index (χ4v) is 4.21. The Morgan fingerprint density at radius 3 is 2.27 bits per heavy atom. The topological polar surface area (TPSA) is 152 Å². The van der Waals surface area contributed by atoms with Gasteiger partial charge in [0, 0.05) is 5.56 Å². The molecule has 1 aromatic rings. The molecule has 0 radical (unpaired) electrons. The molecule has 1 aliphatic rings. The first-order valence-electron chi connectivity index (χ1n) is 9.30. The fraction of sp³-hybridized carbons (Fsp3) is 0.526. The molecule has 10 nitrogen and oxygen atoms in total. The van der Waals surface area contributed by atoms with Crippen molar-refractivity contribution in [1.82, 2.24) is 0 Å². The predicted octanol–water partition coefficient (Wildman–Crippen LogP) is 2.12. The van der Waals surface area contributed by atoms with Crippen LogP contribution in [0.2, 0.25) is 0 Å². The van der Waals surface area contributed by atoms with Crippen molar-refractivity contribution >= 4 is 13.8 Å². The van der Waals surface area contributed by atoms with E-state index in [1.807, 2.05) is 6.92 Å². The van der Waals surface area contributed by atoms with Crippen LogP contribution in [0.1, 0.15) is 35.6 Å². The molecule has 0 aliphatic carbocycles. The molecule has 168 valence electrons. The van der Waals surface area contributed by atoms with E-state index >= 15 is 0 Å². The number of aliphatic hydroxyl groups excluding tert-OH is 3. The summed E-state index contributed by atoms with van der Waals surface area (Å²) in [6.07, 6.45) is -1.80. The molecule has 0 saturated heterocycles. The fourth-order valence-electron chi connectivity index (χ4n) is 3.27. The van der Waals surface area contributed by atoms with Gasteiger partial charge in [-0.25, -0.2) is 9.36 Å². The molecule has 11 heteroatoms. The maximum Gasteiger partial charge on any atom is 0.585 e. The van der Waals surface area contributed by atoms with E-state index in [9.17, 15) is 24.5 Å². The maximum absolute atomic E-state index is 12.6. The molecular weight excluding hydrogens is 419 g/mol. The summed E-state index contributed by atoms with van der Waals surface area (Å²) in [6.45, 7) is 6.35. The minimum Gasteiger partial charge on any atom is -0.505 e. The molecule has 1 heterocycles. The van der Waals surface area contributed by atoms with Crippen LogP contribution < -0.4 is 9.26 Å². The Bertz CT molecular complexity index is 907. The average Bonchev–Trinajstić information content (AvgIpc) is 2.97. The highest BCUT2D eigenvalue weighted by molar-refractivity contribution is 7.48. The summed E-state index contributed by atoms with van der Waals surface area (Å²) in [6, 6.07) is 0. The van der Waals surface area contributed by atoms with Gasteiger partial charge < -0.3 is 33.8 Å². The number of carbonyl (C=O) groups excluding carboxylic acids is 1. The number of phosphoric acid groups is 1. The second kappa shape index (κ2) is 9.26. The van der Waals surface area contributed by atoms with E-state index in [4.69, 9.17) is 18.9 Å². The van der Waals surface area contributed by atoms with Gasteiger partial charge in [0.05, 0.1) is 13.7 Å². The number of carbonyl (C=O) groups is 1. The highest BCUT2D eigenvalue weighted by atomic mass is 31.2. The zero-order valence-electron chi connectivity index (χ0n) is 17.5. The highest BCUT2D eigenvalue weighted by Crippen LogP contribution is 2.51. The number of hydrogen-bond donors (Lipinski definition) is 4. The average molecular weight is 446 g/mol. The van der Waals surface area contributed by atoms with Crippen molar-refractivity contribution in [3.05, 3.63) is 33.8 Å². The van der Waals surface area contributed by atoms with Crippen LogP contribution >= 0.6 is 7.82 Å². The van der Waals surface area contributed by atoms with Gasteiger partial charge in [-0.15, -0.1) is 0 Å². The van der Waals surface area contributed by atoms with Crippen molar-refractivity contribution in [2.45, 2.75) is 52.7 Å². The second-order valence-electron chi connectivity index (χ2n) is 6.91. The lowest BCUT2D eigenvalue weighted by molar-refractivity contribution is -0.147. The largest absolute Gasteiger partial charge is 0.585 e. The molecular formula is C19H27O10P. The monoisotopic (exact) mass is 446 g/mol. The Morgan fingerprint density at radius 2 is 1.73 bits per heavy atom. The van der Waals surface area contributed by atoms with Gasteiger partial charge in [0.2, 0.25) is 0 Å². The number of aliphatic hydroxyl groups is 3. The van der Waals surface area contributed by atoms with E-state index in [0.717, 1.165) is 17.5 Å². The number of rotatable bonds is 9. The molecule has 3 atom stereocenters. The molecule has 0 bridgehead atoms. The summed E-state index contributed by atoms with van der Waals surface area (Å²) in [7, 11) is -3.40. The summed E-state index contributed by atoms with van der Waals surface area (Å²) in [5.41, 5.74) is 2.65. The minimum absolute atomic E-state index is 0.0981. The third kappa shape index (κ3) is 4.57. The molecule has 3 unspecified atom stereocenters. The Kier molecular flexibility index (Phi) is 7.41. The summed E-state index contributed by atoms with van der Waals surface area (Å²) in [5, 5.41) is 28.6. The van der Waals surface area contributed by atoms with Crippen LogP contribution in [-0.4, -0.2) is 52.1 Å². The summed E-state index contributed by atoms with van der Waals surface area (Å²) in [5.74, 6) is -2.39. The number of hydrogen-bond acceptors (Lipinski definition) is 9. The van der Waals surface area contributed by atoms with Crippen LogP contribution in [0.3, 0.4) is 0 Å². The number of esters is 1. The van der Waals surface area contributed by atoms with Crippen LogP contribution in [0, 0.1) is 20.8 Å². The Labute approximate surface area is 174 Å². The third-order valence-electron chi connectivity index (χ3n) is 4.89. The number of phosphoric ester groups is 1. The van der Waals surface area contributed by atoms with E-state index in [1.54, 1.807) is 27.9 Å².